The summed E-state index contributed by atoms with van der Waals surface area (Å²) in [7, 11) is 0. The predicted molar refractivity (Wildman–Crippen MR) is 90.6 cm³/mol. The van der Waals surface area contributed by atoms with Crippen molar-refractivity contribution in [3.63, 3.8) is 0 Å². The van der Waals surface area contributed by atoms with Gasteiger partial charge < -0.3 is 4.57 Å². The maximum absolute atomic E-state index is 4.39. The van der Waals surface area contributed by atoms with Gasteiger partial charge in [-0.25, -0.2) is 4.98 Å². The van der Waals surface area contributed by atoms with E-state index in [1.807, 2.05) is 12.5 Å². The van der Waals surface area contributed by atoms with Gasteiger partial charge in [0.2, 0.25) is 0 Å². The number of benzene rings is 2. The van der Waals surface area contributed by atoms with Gasteiger partial charge in [-0.2, -0.15) is 0 Å². The van der Waals surface area contributed by atoms with Gasteiger partial charge >= 0.3 is 0 Å². The first-order valence-corrected chi connectivity index (χ1v) is 8.09. The summed E-state index contributed by atoms with van der Waals surface area (Å²) < 4.78 is 2.37. The molecule has 0 bridgehead atoms. The Morgan fingerprint density at radius 1 is 0.773 bits per heavy atom. The van der Waals surface area contributed by atoms with Gasteiger partial charge in [0.1, 0.15) is 0 Å². The Kier molecular flexibility index (Phi) is 3.51. The fraction of sp³-hybridized carbons (Fsp3) is 0.250. The van der Waals surface area contributed by atoms with E-state index in [9.17, 15) is 0 Å². The summed E-state index contributed by atoms with van der Waals surface area (Å²) in [6.45, 7) is 0. The molecule has 2 nitrogen and oxygen atoms in total. The van der Waals surface area contributed by atoms with Crippen molar-refractivity contribution in [2.24, 2.45) is 0 Å². The molecule has 22 heavy (non-hydrogen) atoms. The van der Waals surface area contributed by atoms with E-state index in [2.05, 4.69) is 64.1 Å². The minimum Gasteiger partial charge on any atom is -0.328 e. The van der Waals surface area contributed by atoms with Crippen molar-refractivity contribution in [2.45, 2.75) is 31.7 Å². The van der Waals surface area contributed by atoms with E-state index < -0.39 is 0 Å². The summed E-state index contributed by atoms with van der Waals surface area (Å²) in [5.74, 6) is 0. The maximum Gasteiger partial charge on any atom is 0.0953 e. The van der Waals surface area contributed by atoms with Crippen molar-refractivity contribution in [1.29, 1.82) is 0 Å². The molecular weight excluding hydrogens is 268 g/mol. The van der Waals surface area contributed by atoms with E-state index in [1.165, 1.54) is 48.1 Å². The third kappa shape index (κ3) is 2.45. The van der Waals surface area contributed by atoms with Crippen molar-refractivity contribution in [1.82, 2.24) is 9.55 Å². The van der Waals surface area contributed by atoms with Gasteiger partial charge in [-0.1, -0.05) is 67.4 Å². The van der Waals surface area contributed by atoms with Gasteiger partial charge in [-0.3, -0.25) is 0 Å². The van der Waals surface area contributed by atoms with Crippen LogP contribution in [0.1, 0.15) is 31.7 Å². The molecule has 0 radical (unpaired) electrons. The van der Waals surface area contributed by atoms with Crippen molar-refractivity contribution in [3.8, 4) is 22.4 Å². The Balaban J connectivity index is 1.65. The minimum atomic E-state index is 0.631. The maximum atomic E-state index is 4.39. The highest BCUT2D eigenvalue weighted by atomic mass is 15.1. The van der Waals surface area contributed by atoms with Crippen LogP contribution in [-0.2, 0) is 0 Å². The average Bonchev–Trinajstić information content (AvgIpc) is 3.27. The Morgan fingerprint density at radius 3 is 2.14 bits per heavy atom. The highest BCUT2D eigenvalue weighted by Gasteiger charge is 2.19. The normalized spacial score (nSPS) is 15.3. The highest BCUT2D eigenvalue weighted by Crippen LogP contribution is 2.33. The van der Waals surface area contributed by atoms with Crippen LogP contribution in [0.25, 0.3) is 22.4 Å². The first-order chi connectivity index (χ1) is 10.9. The SMILES string of the molecule is c1ccc(-c2ccc(-c3cncn3C3CCCC3)cc2)cc1. The number of hydrogen-bond acceptors (Lipinski definition) is 1. The molecule has 3 aromatic rings. The van der Waals surface area contributed by atoms with Crippen LogP contribution in [-0.4, -0.2) is 9.55 Å². The van der Waals surface area contributed by atoms with Crippen LogP contribution in [0.15, 0.2) is 67.1 Å². The number of aromatic nitrogens is 2. The zero-order valence-corrected chi connectivity index (χ0v) is 12.7. The van der Waals surface area contributed by atoms with Gasteiger partial charge in [0, 0.05) is 6.04 Å². The van der Waals surface area contributed by atoms with Crippen LogP contribution in [0.3, 0.4) is 0 Å². The monoisotopic (exact) mass is 288 g/mol. The summed E-state index contributed by atoms with van der Waals surface area (Å²) in [6, 6.07) is 20.0. The van der Waals surface area contributed by atoms with Crippen LogP contribution >= 0.6 is 0 Å². The Bertz CT molecular complexity index is 735. The third-order valence-corrected chi connectivity index (χ3v) is 4.67. The van der Waals surface area contributed by atoms with Crippen LogP contribution in [0, 0.1) is 0 Å². The van der Waals surface area contributed by atoms with Crippen LogP contribution in [0.4, 0.5) is 0 Å². The number of hydrogen-bond donors (Lipinski definition) is 0. The van der Waals surface area contributed by atoms with Crippen molar-refractivity contribution >= 4 is 0 Å². The number of rotatable bonds is 3. The molecule has 1 aliphatic carbocycles. The molecule has 0 atom stereocenters. The first-order valence-electron chi connectivity index (χ1n) is 8.09. The van der Waals surface area contributed by atoms with Gasteiger partial charge in [0.05, 0.1) is 18.2 Å². The molecule has 4 rings (SSSR count). The van der Waals surface area contributed by atoms with E-state index in [1.54, 1.807) is 0 Å². The minimum absolute atomic E-state index is 0.631. The molecule has 1 saturated carbocycles. The van der Waals surface area contributed by atoms with Crippen LogP contribution < -0.4 is 0 Å². The lowest BCUT2D eigenvalue weighted by atomic mass is 10.0. The lowest BCUT2D eigenvalue weighted by Crippen LogP contribution is -2.04. The van der Waals surface area contributed by atoms with Crippen LogP contribution in [0.2, 0.25) is 0 Å². The molecule has 0 unspecified atom stereocenters. The standard InChI is InChI=1S/C20H20N2/c1-2-6-16(7-3-1)17-10-12-18(13-11-17)20-14-21-15-22(20)19-8-4-5-9-19/h1-3,6-7,10-15,19H,4-5,8-9H2. The summed E-state index contributed by atoms with van der Waals surface area (Å²) in [5.41, 5.74) is 5.02. The van der Waals surface area contributed by atoms with Gasteiger partial charge in [-0.15, -0.1) is 0 Å². The molecule has 0 amide bonds. The third-order valence-electron chi connectivity index (χ3n) is 4.67. The summed E-state index contributed by atoms with van der Waals surface area (Å²) in [6.07, 6.45) is 9.24. The predicted octanol–water partition coefficient (Wildman–Crippen LogP) is 5.33. The summed E-state index contributed by atoms with van der Waals surface area (Å²) >= 11 is 0. The molecule has 0 N–H and O–H groups in total. The summed E-state index contributed by atoms with van der Waals surface area (Å²) in [5, 5.41) is 0. The largest absolute Gasteiger partial charge is 0.328 e. The molecule has 0 aliphatic heterocycles. The zero-order valence-electron chi connectivity index (χ0n) is 12.7. The lowest BCUT2D eigenvalue weighted by molar-refractivity contribution is 0.523. The van der Waals surface area contributed by atoms with E-state index in [0.29, 0.717) is 6.04 Å². The fourth-order valence-corrected chi connectivity index (χ4v) is 3.47. The molecule has 1 aliphatic rings. The molecule has 0 spiro atoms. The van der Waals surface area contributed by atoms with E-state index in [-0.39, 0.29) is 0 Å². The number of nitrogens with zero attached hydrogens (tertiary/aromatic N) is 2. The second kappa shape index (κ2) is 5.80. The molecule has 2 heteroatoms. The highest BCUT2D eigenvalue weighted by molar-refractivity contribution is 5.68. The second-order valence-corrected chi connectivity index (χ2v) is 6.07. The lowest BCUT2D eigenvalue weighted by Gasteiger charge is -2.15. The molecule has 1 aromatic heterocycles. The van der Waals surface area contributed by atoms with E-state index >= 15 is 0 Å². The van der Waals surface area contributed by atoms with E-state index in [4.69, 9.17) is 0 Å². The van der Waals surface area contributed by atoms with Crippen LogP contribution in [0.5, 0.6) is 0 Å². The van der Waals surface area contributed by atoms with Crippen molar-refractivity contribution < 1.29 is 0 Å². The molecule has 110 valence electrons. The quantitative estimate of drug-likeness (QED) is 0.636. The Labute approximate surface area is 131 Å². The Morgan fingerprint density at radius 2 is 1.41 bits per heavy atom. The number of imidazole rings is 1. The molecule has 0 saturated heterocycles. The molecule has 1 fully saturated rings. The van der Waals surface area contributed by atoms with E-state index in [0.717, 1.165) is 0 Å². The van der Waals surface area contributed by atoms with Crippen molar-refractivity contribution in [3.05, 3.63) is 67.1 Å². The first kappa shape index (κ1) is 13.3. The molecule has 2 aromatic carbocycles. The smallest absolute Gasteiger partial charge is 0.0953 e. The summed E-state index contributed by atoms with van der Waals surface area (Å²) in [4.78, 5) is 4.39. The van der Waals surface area contributed by atoms with Gasteiger partial charge in [0.15, 0.2) is 0 Å². The fourth-order valence-electron chi connectivity index (χ4n) is 3.47. The molecular formula is C20H20N2. The second-order valence-electron chi connectivity index (χ2n) is 6.07. The zero-order chi connectivity index (χ0) is 14.8. The topological polar surface area (TPSA) is 17.8 Å². The Hall–Kier alpha value is -2.35. The molecule has 1 heterocycles. The van der Waals surface area contributed by atoms with Crippen molar-refractivity contribution in [2.75, 3.05) is 0 Å². The van der Waals surface area contributed by atoms with Gasteiger partial charge in [-0.05, 0) is 29.5 Å². The van der Waals surface area contributed by atoms with Gasteiger partial charge in [0.25, 0.3) is 0 Å². The average molecular weight is 288 g/mol.